The molecule has 0 aliphatic rings. The molecule has 0 aliphatic carbocycles. The van der Waals surface area contributed by atoms with Gasteiger partial charge in [-0.05, 0) is 36.2 Å². The zero-order valence-corrected chi connectivity index (χ0v) is 19.6. The summed E-state index contributed by atoms with van der Waals surface area (Å²) in [6, 6.07) is 18.9. The summed E-state index contributed by atoms with van der Waals surface area (Å²) in [6.07, 6.45) is 6.11. The number of amides is 1. The summed E-state index contributed by atoms with van der Waals surface area (Å²) in [5, 5.41) is 7.93. The number of carbonyl (C=O) groups is 2. The predicted octanol–water partition coefficient (Wildman–Crippen LogP) is 3.04. The molecule has 0 saturated carbocycles. The number of nitrogens with one attached hydrogen (secondary N) is 1. The minimum atomic E-state index is -3.76. The van der Waals surface area contributed by atoms with E-state index < -0.39 is 10.0 Å². The van der Waals surface area contributed by atoms with Gasteiger partial charge in [-0.3, -0.25) is 9.59 Å². The largest absolute Gasteiger partial charge is 0.348 e. The Morgan fingerprint density at radius 3 is 2.30 bits per heavy atom. The summed E-state index contributed by atoms with van der Waals surface area (Å²) in [5.41, 5.74) is 1.16. The number of unbranched alkanes of at least 4 members (excludes halogenated alkanes) is 1. The normalized spacial score (nSPS) is 11.2. The molecule has 0 aliphatic heterocycles. The zero-order chi connectivity index (χ0) is 23.7. The van der Waals surface area contributed by atoms with Crippen LogP contribution in [0.5, 0.6) is 0 Å². The van der Waals surface area contributed by atoms with Crippen LogP contribution in [0.15, 0.2) is 88.9 Å². The molecule has 2 aromatic carbocycles. The minimum Gasteiger partial charge on any atom is -0.348 e. The van der Waals surface area contributed by atoms with Gasteiger partial charge in [0.15, 0.2) is 17.5 Å². The van der Waals surface area contributed by atoms with Crippen molar-refractivity contribution in [3.8, 4) is 0 Å². The number of primary sulfonamides is 1. The van der Waals surface area contributed by atoms with Gasteiger partial charge in [0.2, 0.25) is 10.0 Å². The molecular weight excluding hydrogens is 458 g/mol. The molecule has 9 heteroatoms. The van der Waals surface area contributed by atoms with Crippen LogP contribution < -0.4 is 15.0 Å². The summed E-state index contributed by atoms with van der Waals surface area (Å²) in [4.78, 5) is 25.8. The average molecular weight is 485 g/mol. The Bertz CT molecular complexity index is 1200. The van der Waals surface area contributed by atoms with Gasteiger partial charge < -0.3 is 5.32 Å². The van der Waals surface area contributed by atoms with Crippen LogP contribution >= 0.6 is 11.8 Å². The number of carbonyl (C=O) groups excluding carboxylic acids is 2. The van der Waals surface area contributed by atoms with Gasteiger partial charge in [-0.2, -0.15) is 0 Å². The quantitative estimate of drug-likeness (QED) is 0.261. The van der Waals surface area contributed by atoms with Crippen molar-refractivity contribution in [2.24, 2.45) is 5.14 Å². The van der Waals surface area contributed by atoms with Crippen LogP contribution in [-0.2, 0) is 27.9 Å². The van der Waals surface area contributed by atoms with Crippen LogP contribution in [0.3, 0.4) is 0 Å². The molecule has 33 heavy (non-hydrogen) atoms. The third-order valence-electron chi connectivity index (χ3n) is 4.88. The first-order chi connectivity index (χ1) is 15.8. The van der Waals surface area contributed by atoms with Crippen molar-refractivity contribution in [3.05, 3.63) is 90.3 Å². The van der Waals surface area contributed by atoms with Crippen molar-refractivity contribution in [1.29, 1.82) is 0 Å². The number of aryl methyl sites for hydroxylation is 1. The lowest BCUT2D eigenvalue weighted by molar-refractivity contribution is -0.697. The van der Waals surface area contributed by atoms with Crippen LogP contribution in [0.25, 0.3) is 0 Å². The molecule has 172 valence electrons. The number of pyridine rings is 1. The van der Waals surface area contributed by atoms with E-state index in [1.54, 1.807) is 36.4 Å². The maximum absolute atomic E-state index is 12.7. The van der Waals surface area contributed by atoms with E-state index >= 15 is 0 Å². The molecule has 0 spiro atoms. The summed E-state index contributed by atoms with van der Waals surface area (Å²) in [6.45, 7) is 1.07. The van der Waals surface area contributed by atoms with Gasteiger partial charge in [0, 0.05) is 36.4 Å². The van der Waals surface area contributed by atoms with Gasteiger partial charge in [0.25, 0.3) is 5.91 Å². The first kappa shape index (κ1) is 24.6. The van der Waals surface area contributed by atoms with E-state index in [2.05, 4.69) is 9.88 Å². The highest BCUT2D eigenvalue weighted by molar-refractivity contribution is 8.13. The molecule has 0 fully saturated rings. The van der Waals surface area contributed by atoms with E-state index in [1.807, 2.05) is 30.6 Å². The third-order valence-corrected chi connectivity index (χ3v) is 6.82. The molecule has 0 radical (unpaired) electrons. The average Bonchev–Trinajstić information content (AvgIpc) is 2.81. The third kappa shape index (κ3) is 7.81. The number of thioether (sulfide) groups is 1. The number of hydrogen-bond acceptors (Lipinski definition) is 5. The zero-order valence-electron chi connectivity index (χ0n) is 18.0. The highest BCUT2D eigenvalue weighted by Crippen LogP contribution is 2.25. The first-order valence-electron chi connectivity index (χ1n) is 10.5. The van der Waals surface area contributed by atoms with Gasteiger partial charge in [-0.1, -0.05) is 42.1 Å². The second kappa shape index (κ2) is 11.7. The molecule has 0 atom stereocenters. The predicted molar refractivity (Wildman–Crippen MR) is 127 cm³/mol. The number of hydrogen-bond donors (Lipinski definition) is 2. The monoisotopic (exact) mass is 484 g/mol. The summed E-state index contributed by atoms with van der Waals surface area (Å²) < 4.78 is 24.8. The molecule has 1 heterocycles. The second-order valence-corrected chi connectivity index (χ2v) is 10.1. The number of nitrogens with two attached hydrogens (primary N) is 1. The molecule has 3 aromatic rings. The lowest BCUT2D eigenvalue weighted by Gasteiger charge is -2.10. The van der Waals surface area contributed by atoms with E-state index in [0.29, 0.717) is 16.9 Å². The molecule has 7 nitrogen and oxygen atoms in total. The van der Waals surface area contributed by atoms with Gasteiger partial charge >= 0.3 is 0 Å². The van der Waals surface area contributed by atoms with Crippen molar-refractivity contribution in [2.45, 2.75) is 42.1 Å². The maximum atomic E-state index is 12.7. The van der Waals surface area contributed by atoms with Crippen molar-refractivity contribution in [1.82, 2.24) is 5.32 Å². The first-order valence-corrected chi connectivity index (χ1v) is 12.8. The number of nitrogens with zero attached hydrogens (tertiary/aromatic N) is 1. The highest BCUT2D eigenvalue weighted by Gasteiger charge is 2.15. The summed E-state index contributed by atoms with van der Waals surface area (Å²) in [5.74, 6) is -0.304. The molecule has 1 aromatic heterocycles. The van der Waals surface area contributed by atoms with Gasteiger partial charge in [-0.15, -0.1) is 0 Å². The van der Waals surface area contributed by atoms with Crippen molar-refractivity contribution in [3.63, 3.8) is 0 Å². The van der Waals surface area contributed by atoms with Crippen LogP contribution in [0, 0.1) is 0 Å². The Labute approximate surface area is 198 Å². The van der Waals surface area contributed by atoms with E-state index in [9.17, 15) is 18.0 Å². The number of rotatable bonds is 10. The topological polar surface area (TPSA) is 110 Å². The van der Waals surface area contributed by atoms with Crippen LogP contribution in [-0.4, -0.2) is 19.4 Å². The molecule has 0 saturated heterocycles. The fourth-order valence-corrected chi connectivity index (χ4v) is 4.56. The van der Waals surface area contributed by atoms with E-state index in [1.165, 1.54) is 12.1 Å². The maximum Gasteiger partial charge on any atom is 0.252 e. The van der Waals surface area contributed by atoms with Crippen LogP contribution in [0.4, 0.5) is 0 Å². The smallest absolute Gasteiger partial charge is 0.252 e. The molecule has 0 unspecified atom stereocenters. The molecular formula is C24H26N3O4S2+. The van der Waals surface area contributed by atoms with E-state index in [-0.39, 0.29) is 22.5 Å². The highest BCUT2D eigenvalue weighted by atomic mass is 32.2. The minimum absolute atomic E-state index is 0.0141. The Balaban J connectivity index is 1.51. The SMILES string of the molecule is NS(=O)(=O)c1ccc(CNC(=O)c2ccccc2SC(=O)CCCC[n+]2ccccc2)cc1. The number of sulfonamides is 1. The van der Waals surface area contributed by atoms with Crippen LogP contribution in [0.1, 0.15) is 35.2 Å². The van der Waals surface area contributed by atoms with Crippen molar-refractivity contribution >= 4 is 32.8 Å². The fourth-order valence-electron chi connectivity index (χ4n) is 3.14. The van der Waals surface area contributed by atoms with Gasteiger partial charge in [0.1, 0.15) is 6.54 Å². The van der Waals surface area contributed by atoms with Crippen molar-refractivity contribution < 1.29 is 22.6 Å². The Kier molecular flexibility index (Phi) is 8.76. The summed E-state index contributed by atoms with van der Waals surface area (Å²) >= 11 is 1.08. The lowest BCUT2D eigenvalue weighted by atomic mass is 10.2. The Morgan fingerprint density at radius 1 is 0.909 bits per heavy atom. The summed E-state index contributed by atoms with van der Waals surface area (Å²) in [7, 11) is -3.76. The van der Waals surface area contributed by atoms with E-state index in [4.69, 9.17) is 5.14 Å². The molecule has 3 N–H and O–H groups in total. The Morgan fingerprint density at radius 2 is 1.61 bits per heavy atom. The molecule has 1 amide bonds. The van der Waals surface area contributed by atoms with Gasteiger partial charge in [0.05, 0.1) is 10.5 Å². The second-order valence-electron chi connectivity index (χ2n) is 7.41. The Hall–Kier alpha value is -3.01. The van der Waals surface area contributed by atoms with Gasteiger partial charge in [-0.25, -0.2) is 18.1 Å². The lowest BCUT2D eigenvalue weighted by Crippen LogP contribution is -2.32. The van der Waals surface area contributed by atoms with Crippen molar-refractivity contribution in [2.75, 3.05) is 0 Å². The molecule has 3 rings (SSSR count). The van der Waals surface area contributed by atoms with E-state index in [0.717, 1.165) is 36.7 Å². The fraction of sp³-hybridized carbons (Fsp3) is 0.208. The number of benzene rings is 2. The number of aromatic nitrogens is 1. The van der Waals surface area contributed by atoms with Crippen LogP contribution in [0.2, 0.25) is 0 Å². The molecule has 0 bridgehead atoms. The standard InChI is InChI=1S/C24H25N3O4S2/c25-33(30,31)20-13-11-19(12-14-20)18-26-24(29)21-8-2-3-9-22(21)32-23(28)10-4-7-17-27-15-5-1-6-16-27/h1-3,5-6,8-9,11-16H,4,7,10,17-18H2,(H2-,25,26,29,30,31)/p+1.